The van der Waals surface area contributed by atoms with Gasteiger partial charge in [0.2, 0.25) is 5.91 Å². The fraction of sp³-hybridized carbons (Fsp3) is 0.500. The van der Waals surface area contributed by atoms with E-state index in [0.29, 0.717) is 18.1 Å². The Morgan fingerprint density at radius 3 is 2.64 bits per heavy atom. The molecule has 0 spiro atoms. The highest BCUT2D eigenvalue weighted by atomic mass is 19.1. The third-order valence-electron chi connectivity index (χ3n) is 3.74. The first-order chi connectivity index (χ1) is 10.7. The van der Waals surface area contributed by atoms with Gasteiger partial charge in [-0.25, -0.2) is 4.39 Å². The van der Waals surface area contributed by atoms with Crippen LogP contribution in [0.1, 0.15) is 24.8 Å². The standard InChI is InChI=1S/C16H23FN4O/c1-18-16(19-11-13-7-3-4-8-14(13)17)20-12-15(22)21-9-5-2-6-10-21/h3-4,7-8H,2,5-6,9-12H2,1H3,(H2,18,19,20). The summed E-state index contributed by atoms with van der Waals surface area (Å²) in [7, 11) is 1.63. The highest BCUT2D eigenvalue weighted by Gasteiger charge is 2.16. The number of likely N-dealkylation sites (tertiary alicyclic amines) is 1. The molecular formula is C16H23FN4O. The minimum atomic E-state index is -0.255. The third kappa shape index (κ3) is 4.72. The summed E-state index contributed by atoms with van der Waals surface area (Å²) in [4.78, 5) is 18.0. The number of rotatable bonds is 4. The van der Waals surface area contributed by atoms with E-state index in [2.05, 4.69) is 15.6 Å². The number of piperidine rings is 1. The lowest BCUT2D eigenvalue weighted by molar-refractivity contribution is -0.130. The summed E-state index contributed by atoms with van der Waals surface area (Å²) in [5.41, 5.74) is 0.563. The van der Waals surface area contributed by atoms with Crippen molar-refractivity contribution in [2.24, 2.45) is 4.99 Å². The first-order valence-electron chi connectivity index (χ1n) is 7.66. The number of amides is 1. The Hall–Kier alpha value is -2.11. The van der Waals surface area contributed by atoms with E-state index < -0.39 is 0 Å². The molecule has 1 aliphatic heterocycles. The van der Waals surface area contributed by atoms with Crippen molar-refractivity contribution in [2.75, 3.05) is 26.7 Å². The van der Waals surface area contributed by atoms with Crippen molar-refractivity contribution in [3.8, 4) is 0 Å². The molecule has 1 saturated heterocycles. The van der Waals surface area contributed by atoms with E-state index in [1.54, 1.807) is 25.2 Å². The Morgan fingerprint density at radius 2 is 1.95 bits per heavy atom. The van der Waals surface area contributed by atoms with Crippen molar-refractivity contribution in [3.63, 3.8) is 0 Å². The van der Waals surface area contributed by atoms with Crippen molar-refractivity contribution in [1.29, 1.82) is 0 Å². The molecule has 0 aliphatic carbocycles. The Kier molecular flexibility index (Phi) is 6.18. The number of hydrogen-bond acceptors (Lipinski definition) is 2. The molecule has 1 aromatic rings. The van der Waals surface area contributed by atoms with Crippen molar-refractivity contribution >= 4 is 11.9 Å². The maximum atomic E-state index is 13.5. The molecule has 2 N–H and O–H groups in total. The fourth-order valence-corrected chi connectivity index (χ4v) is 2.46. The van der Waals surface area contributed by atoms with Crippen LogP contribution in [-0.2, 0) is 11.3 Å². The number of aliphatic imine (C=N–C) groups is 1. The van der Waals surface area contributed by atoms with Gasteiger partial charge in [0, 0.05) is 32.2 Å². The van der Waals surface area contributed by atoms with Gasteiger partial charge in [-0.05, 0) is 25.3 Å². The van der Waals surface area contributed by atoms with Crippen LogP contribution < -0.4 is 10.6 Å². The number of hydrogen-bond donors (Lipinski definition) is 2. The van der Waals surface area contributed by atoms with Gasteiger partial charge in [-0.1, -0.05) is 18.2 Å². The molecule has 0 atom stereocenters. The van der Waals surface area contributed by atoms with Gasteiger partial charge < -0.3 is 15.5 Å². The lowest BCUT2D eigenvalue weighted by Crippen LogP contribution is -2.45. The number of carbonyl (C=O) groups is 1. The van der Waals surface area contributed by atoms with E-state index in [9.17, 15) is 9.18 Å². The highest BCUT2D eigenvalue weighted by Crippen LogP contribution is 2.08. The number of nitrogens with zero attached hydrogens (tertiary/aromatic N) is 2. The zero-order chi connectivity index (χ0) is 15.8. The zero-order valence-electron chi connectivity index (χ0n) is 12.9. The van der Waals surface area contributed by atoms with Gasteiger partial charge in [-0.2, -0.15) is 0 Å². The van der Waals surface area contributed by atoms with E-state index in [-0.39, 0.29) is 18.3 Å². The van der Waals surface area contributed by atoms with E-state index in [1.165, 1.54) is 12.5 Å². The smallest absolute Gasteiger partial charge is 0.241 e. The molecule has 5 nitrogen and oxygen atoms in total. The molecule has 1 aliphatic rings. The van der Waals surface area contributed by atoms with Crippen molar-refractivity contribution in [3.05, 3.63) is 35.6 Å². The highest BCUT2D eigenvalue weighted by molar-refractivity contribution is 5.86. The molecule has 1 fully saturated rings. The van der Waals surface area contributed by atoms with Gasteiger partial charge in [0.05, 0.1) is 6.54 Å². The summed E-state index contributed by atoms with van der Waals surface area (Å²) >= 11 is 0. The largest absolute Gasteiger partial charge is 0.352 e. The molecule has 1 aromatic carbocycles. The monoisotopic (exact) mass is 306 g/mol. The molecule has 0 radical (unpaired) electrons. The van der Waals surface area contributed by atoms with Gasteiger partial charge in [0.15, 0.2) is 5.96 Å². The molecule has 1 amide bonds. The average Bonchev–Trinajstić information content (AvgIpc) is 2.57. The zero-order valence-corrected chi connectivity index (χ0v) is 12.9. The second kappa shape index (κ2) is 8.36. The summed E-state index contributed by atoms with van der Waals surface area (Å²) in [5, 5.41) is 5.99. The predicted molar refractivity (Wildman–Crippen MR) is 85.0 cm³/mol. The SMILES string of the molecule is CN=C(NCC(=O)N1CCCCC1)NCc1ccccc1F. The second-order valence-electron chi connectivity index (χ2n) is 5.31. The van der Waals surface area contributed by atoms with Crippen LogP contribution in [-0.4, -0.2) is 43.4 Å². The minimum Gasteiger partial charge on any atom is -0.352 e. The molecule has 2 rings (SSSR count). The van der Waals surface area contributed by atoms with Gasteiger partial charge in [0.1, 0.15) is 5.82 Å². The summed E-state index contributed by atoms with van der Waals surface area (Å²) in [6, 6.07) is 6.58. The fourth-order valence-electron chi connectivity index (χ4n) is 2.46. The third-order valence-corrected chi connectivity index (χ3v) is 3.74. The summed E-state index contributed by atoms with van der Waals surface area (Å²) in [6.45, 7) is 2.20. The lowest BCUT2D eigenvalue weighted by Gasteiger charge is -2.27. The molecule has 0 saturated carbocycles. The second-order valence-corrected chi connectivity index (χ2v) is 5.31. The quantitative estimate of drug-likeness (QED) is 0.655. The molecule has 6 heteroatoms. The topological polar surface area (TPSA) is 56.7 Å². The van der Waals surface area contributed by atoms with Crippen molar-refractivity contribution in [1.82, 2.24) is 15.5 Å². The Balaban J connectivity index is 1.77. The van der Waals surface area contributed by atoms with Crippen molar-refractivity contribution < 1.29 is 9.18 Å². The molecule has 0 bridgehead atoms. The summed E-state index contributed by atoms with van der Waals surface area (Å²) < 4.78 is 13.5. The lowest BCUT2D eigenvalue weighted by atomic mass is 10.1. The molecule has 1 heterocycles. The van der Waals surface area contributed by atoms with Gasteiger partial charge in [0.25, 0.3) is 0 Å². The summed E-state index contributed by atoms with van der Waals surface area (Å²) in [6.07, 6.45) is 3.35. The maximum absolute atomic E-state index is 13.5. The van der Waals surface area contributed by atoms with Crippen LogP contribution in [0.3, 0.4) is 0 Å². The number of benzene rings is 1. The Bertz CT molecular complexity index is 527. The molecule has 120 valence electrons. The molecule has 22 heavy (non-hydrogen) atoms. The minimum absolute atomic E-state index is 0.0774. The normalized spacial score (nSPS) is 15.5. The number of halogens is 1. The summed E-state index contributed by atoms with van der Waals surface area (Å²) in [5.74, 6) is 0.317. The van der Waals surface area contributed by atoms with Gasteiger partial charge >= 0.3 is 0 Å². The van der Waals surface area contributed by atoms with Crippen LogP contribution in [0, 0.1) is 5.82 Å². The van der Waals surface area contributed by atoms with E-state index in [4.69, 9.17) is 0 Å². The van der Waals surface area contributed by atoms with Crippen LogP contribution in [0.4, 0.5) is 4.39 Å². The van der Waals surface area contributed by atoms with Crippen LogP contribution >= 0.6 is 0 Å². The number of nitrogens with one attached hydrogen (secondary N) is 2. The van der Waals surface area contributed by atoms with E-state index in [0.717, 1.165) is 25.9 Å². The first kappa shape index (κ1) is 16.3. The Morgan fingerprint density at radius 1 is 1.23 bits per heavy atom. The average molecular weight is 306 g/mol. The van der Waals surface area contributed by atoms with Crippen LogP contribution in [0.25, 0.3) is 0 Å². The van der Waals surface area contributed by atoms with Crippen molar-refractivity contribution in [2.45, 2.75) is 25.8 Å². The van der Waals surface area contributed by atoms with Crippen LogP contribution in [0.5, 0.6) is 0 Å². The maximum Gasteiger partial charge on any atom is 0.241 e. The number of guanidine groups is 1. The predicted octanol–water partition coefficient (Wildman–Crippen LogP) is 1.50. The Labute approximate surface area is 130 Å². The molecule has 0 aromatic heterocycles. The van der Waals surface area contributed by atoms with E-state index >= 15 is 0 Å². The van der Waals surface area contributed by atoms with Crippen LogP contribution in [0.15, 0.2) is 29.3 Å². The number of carbonyl (C=O) groups excluding carboxylic acids is 1. The molecule has 0 unspecified atom stereocenters. The first-order valence-corrected chi connectivity index (χ1v) is 7.66. The van der Waals surface area contributed by atoms with E-state index in [1.807, 2.05) is 4.90 Å². The molecular weight excluding hydrogens is 283 g/mol. The van der Waals surface area contributed by atoms with Crippen LogP contribution in [0.2, 0.25) is 0 Å². The van der Waals surface area contributed by atoms with Gasteiger partial charge in [-0.3, -0.25) is 9.79 Å². The van der Waals surface area contributed by atoms with Gasteiger partial charge in [-0.15, -0.1) is 0 Å².